The van der Waals surface area contributed by atoms with Gasteiger partial charge in [0.2, 0.25) is 0 Å². The summed E-state index contributed by atoms with van der Waals surface area (Å²) in [5, 5.41) is 0. The molecule has 4 nitrogen and oxygen atoms in total. The summed E-state index contributed by atoms with van der Waals surface area (Å²) < 4.78 is 12.3. The predicted molar refractivity (Wildman–Crippen MR) is 115 cm³/mol. The quantitative estimate of drug-likeness (QED) is 0.624. The first-order valence-corrected chi connectivity index (χ1v) is 11.6. The Bertz CT molecular complexity index is 996. The molecule has 4 aliphatic rings. The Morgan fingerprint density at radius 2 is 1.39 bits per heavy atom. The topological polar surface area (TPSA) is 52.6 Å². The van der Waals surface area contributed by atoms with E-state index in [2.05, 4.69) is 0 Å². The van der Waals surface area contributed by atoms with Gasteiger partial charge >= 0.3 is 11.9 Å². The average molecular weight is 417 g/mol. The zero-order chi connectivity index (χ0) is 21.1. The smallest absolute Gasteiger partial charge is 0.338 e. The number of hydrogen-bond donors (Lipinski definition) is 0. The largest absolute Gasteiger partial charge is 0.455 e. The first-order valence-electron chi connectivity index (χ1n) is 11.6. The Morgan fingerprint density at radius 1 is 0.774 bits per heavy atom. The highest BCUT2D eigenvalue weighted by molar-refractivity contribution is 5.90. The molecule has 4 heteroatoms. The number of benzene rings is 2. The number of fused-ring (bicyclic) bond motifs is 1. The fourth-order valence-electron chi connectivity index (χ4n) is 7.32. The molecule has 4 fully saturated rings. The first kappa shape index (κ1) is 19.1. The molecule has 0 aliphatic heterocycles. The normalized spacial score (nSPS) is 34.2. The molecule has 0 saturated heterocycles. The maximum absolute atomic E-state index is 13.0. The second kappa shape index (κ2) is 6.94. The van der Waals surface area contributed by atoms with Crippen molar-refractivity contribution < 1.29 is 19.1 Å². The lowest BCUT2D eigenvalue weighted by Gasteiger charge is -2.45. The van der Waals surface area contributed by atoms with Gasteiger partial charge in [0.15, 0.2) is 0 Å². The molecule has 1 spiro atoms. The fraction of sp³-hybridized carbons (Fsp3) is 0.481. The lowest BCUT2D eigenvalue weighted by molar-refractivity contribution is -0.108. The summed E-state index contributed by atoms with van der Waals surface area (Å²) in [4.78, 5) is 26.0. The van der Waals surface area contributed by atoms with Gasteiger partial charge in [-0.15, -0.1) is 0 Å². The standard InChI is InChI=1S/C27H28O4/c28-24(18-8-3-1-4-9-18)30-21-16-27-13-7-12-20(27)22(26(17-27)14-15-26)23(21)31-25(29)19-10-5-2-6-11-19/h1-6,8-11,20-23H,7,12-17H2. The molecule has 2 bridgehead atoms. The van der Waals surface area contributed by atoms with Gasteiger partial charge in [-0.1, -0.05) is 42.8 Å². The van der Waals surface area contributed by atoms with E-state index >= 15 is 0 Å². The molecule has 5 unspecified atom stereocenters. The van der Waals surface area contributed by atoms with Gasteiger partial charge < -0.3 is 9.47 Å². The summed E-state index contributed by atoms with van der Waals surface area (Å²) in [5.41, 5.74) is 1.66. The van der Waals surface area contributed by atoms with Crippen molar-refractivity contribution in [3.8, 4) is 0 Å². The van der Waals surface area contributed by atoms with E-state index in [0.29, 0.717) is 28.4 Å². The molecule has 31 heavy (non-hydrogen) atoms. The summed E-state index contributed by atoms with van der Waals surface area (Å²) in [6.07, 6.45) is 7.40. The number of hydrogen-bond acceptors (Lipinski definition) is 4. The zero-order valence-electron chi connectivity index (χ0n) is 17.7. The van der Waals surface area contributed by atoms with Crippen LogP contribution in [0.25, 0.3) is 0 Å². The molecule has 0 heterocycles. The molecule has 0 aromatic heterocycles. The summed E-state index contributed by atoms with van der Waals surface area (Å²) in [6, 6.07) is 18.3. The molecule has 4 aliphatic carbocycles. The van der Waals surface area contributed by atoms with Crippen LogP contribution in [0.15, 0.2) is 60.7 Å². The Morgan fingerprint density at radius 3 is 2.00 bits per heavy atom. The second-order valence-corrected chi connectivity index (χ2v) is 10.2. The van der Waals surface area contributed by atoms with Gasteiger partial charge in [0, 0.05) is 5.92 Å². The average Bonchev–Trinajstić information content (AvgIpc) is 3.39. The molecule has 0 N–H and O–H groups in total. The molecule has 0 amide bonds. The molecular weight excluding hydrogens is 388 g/mol. The monoisotopic (exact) mass is 416 g/mol. The van der Waals surface area contributed by atoms with E-state index in [1.54, 1.807) is 24.3 Å². The maximum atomic E-state index is 13.0. The van der Waals surface area contributed by atoms with Gasteiger partial charge in [0.05, 0.1) is 11.1 Å². The lowest BCUT2D eigenvalue weighted by atomic mass is 9.66. The van der Waals surface area contributed by atoms with Crippen molar-refractivity contribution in [1.29, 1.82) is 0 Å². The number of ether oxygens (including phenoxy) is 2. The van der Waals surface area contributed by atoms with Crippen molar-refractivity contribution in [2.24, 2.45) is 22.7 Å². The summed E-state index contributed by atoms with van der Waals surface area (Å²) in [6.45, 7) is 0. The van der Waals surface area contributed by atoms with Crippen LogP contribution in [0, 0.1) is 22.7 Å². The fourth-order valence-corrected chi connectivity index (χ4v) is 7.32. The Balaban J connectivity index is 1.33. The highest BCUT2D eigenvalue weighted by Crippen LogP contribution is 2.77. The van der Waals surface area contributed by atoms with Gasteiger partial charge in [-0.05, 0) is 79.5 Å². The number of carbonyl (C=O) groups is 2. The Kier molecular flexibility index (Phi) is 4.28. The van der Waals surface area contributed by atoms with Crippen LogP contribution >= 0.6 is 0 Å². The van der Waals surface area contributed by atoms with Crippen LogP contribution in [-0.4, -0.2) is 24.1 Å². The van der Waals surface area contributed by atoms with Crippen molar-refractivity contribution in [2.45, 2.75) is 57.2 Å². The third-order valence-corrected chi connectivity index (χ3v) is 8.56. The van der Waals surface area contributed by atoms with Crippen LogP contribution in [0.2, 0.25) is 0 Å². The molecule has 0 radical (unpaired) electrons. The van der Waals surface area contributed by atoms with Gasteiger partial charge in [-0.3, -0.25) is 0 Å². The molecule has 2 aromatic rings. The maximum Gasteiger partial charge on any atom is 0.338 e. The van der Waals surface area contributed by atoms with Crippen molar-refractivity contribution in [2.75, 3.05) is 0 Å². The predicted octanol–water partition coefficient (Wildman–Crippen LogP) is 5.43. The highest BCUT2D eigenvalue weighted by atomic mass is 16.6. The number of esters is 2. The van der Waals surface area contributed by atoms with Crippen molar-refractivity contribution >= 4 is 11.9 Å². The minimum Gasteiger partial charge on any atom is -0.455 e. The summed E-state index contributed by atoms with van der Waals surface area (Å²) in [7, 11) is 0. The molecule has 5 atom stereocenters. The zero-order valence-corrected chi connectivity index (χ0v) is 17.7. The van der Waals surface area contributed by atoms with Crippen molar-refractivity contribution in [1.82, 2.24) is 0 Å². The van der Waals surface area contributed by atoms with E-state index < -0.39 is 0 Å². The van der Waals surface area contributed by atoms with E-state index in [1.165, 1.54) is 38.5 Å². The minimum absolute atomic E-state index is 0.262. The molecule has 6 rings (SSSR count). The van der Waals surface area contributed by atoms with Crippen LogP contribution in [0.4, 0.5) is 0 Å². The number of rotatable bonds is 4. The van der Waals surface area contributed by atoms with E-state index in [-0.39, 0.29) is 29.6 Å². The Hall–Kier alpha value is -2.62. The van der Waals surface area contributed by atoms with E-state index in [4.69, 9.17) is 9.47 Å². The van der Waals surface area contributed by atoms with Crippen LogP contribution in [-0.2, 0) is 9.47 Å². The van der Waals surface area contributed by atoms with Gasteiger partial charge in [-0.2, -0.15) is 0 Å². The Labute approximate surface area is 182 Å². The van der Waals surface area contributed by atoms with Crippen LogP contribution in [0.5, 0.6) is 0 Å². The molecular formula is C27H28O4. The minimum atomic E-state index is -0.375. The van der Waals surface area contributed by atoms with Crippen molar-refractivity contribution in [3.05, 3.63) is 71.8 Å². The number of carbonyl (C=O) groups excluding carboxylic acids is 2. The van der Waals surface area contributed by atoms with Gasteiger partial charge in [-0.25, -0.2) is 9.59 Å². The SMILES string of the molecule is O=C(OC1CC23CCCC2C(C1OC(=O)c1ccccc1)C1(CC1)C3)c1ccccc1. The summed E-state index contributed by atoms with van der Waals surface area (Å²) in [5.74, 6) is 0.281. The van der Waals surface area contributed by atoms with Crippen LogP contribution in [0.3, 0.4) is 0 Å². The molecule has 2 aromatic carbocycles. The first-order chi connectivity index (χ1) is 15.1. The summed E-state index contributed by atoms with van der Waals surface area (Å²) >= 11 is 0. The molecule has 160 valence electrons. The third kappa shape index (κ3) is 3.02. The van der Waals surface area contributed by atoms with Crippen molar-refractivity contribution in [3.63, 3.8) is 0 Å². The lowest BCUT2D eigenvalue weighted by Crippen LogP contribution is -2.50. The van der Waals surface area contributed by atoms with Gasteiger partial charge in [0.25, 0.3) is 0 Å². The van der Waals surface area contributed by atoms with E-state index in [9.17, 15) is 9.59 Å². The molecule has 4 saturated carbocycles. The second-order valence-electron chi connectivity index (χ2n) is 10.2. The van der Waals surface area contributed by atoms with Gasteiger partial charge in [0.1, 0.15) is 12.2 Å². The van der Waals surface area contributed by atoms with E-state index in [1.807, 2.05) is 36.4 Å². The van der Waals surface area contributed by atoms with Crippen LogP contribution in [0.1, 0.15) is 65.7 Å². The van der Waals surface area contributed by atoms with Crippen LogP contribution < -0.4 is 0 Å². The van der Waals surface area contributed by atoms with E-state index in [0.717, 1.165) is 6.42 Å². The third-order valence-electron chi connectivity index (χ3n) is 8.56. The highest BCUT2D eigenvalue weighted by Gasteiger charge is 2.73.